The molecule has 0 amide bonds. The van der Waals surface area contributed by atoms with Gasteiger partial charge < -0.3 is 4.74 Å². The molecular weight excluding hydrogens is 244 g/mol. The molecule has 96 valence electrons. The van der Waals surface area contributed by atoms with Crippen molar-refractivity contribution in [2.75, 3.05) is 6.61 Å². The van der Waals surface area contributed by atoms with Gasteiger partial charge in [-0.1, -0.05) is 66.4 Å². The number of fused-ring (bicyclic) bond motifs is 1. The maximum atomic E-state index is 5.77. The van der Waals surface area contributed by atoms with E-state index in [0.717, 1.165) is 16.7 Å². The normalized spacial score (nSPS) is 9.80. The first-order valence-corrected chi connectivity index (χ1v) is 6.58. The van der Waals surface area contributed by atoms with Crippen LogP contribution in [-0.2, 0) is 0 Å². The number of benzene rings is 3. The SMILES string of the molecule is C(#Cc1ccccc1)COc1cccc2ccccc12. The Balaban J connectivity index is 1.74. The maximum absolute atomic E-state index is 5.77. The van der Waals surface area contributed by atoms with Gasteiger partial charge in [0.15, 0.2) is 0 Å². The Bertz CT molecular complexity index is 758. The van der Waals surface area contributed by atoms with Gasteiger partial charge in [-0.25, -0.2) is 0 Å². The molecule has 0 aliphatic rings. The van der Waals surface area contributed by atoms with E-state index in [9.17, 15) is 0 Å². The molecule has 0 saturated carbocycles. The summed E-state index contributed by atoms with van der Waals surface area (Å²) in [5.41, 5.74) is 1.01. The van der Waals surface area contributed by atoms with E-state index < -0.39 is 0 Å². The lowest BCUT2D eigenvalue weighted by Gasteiger charge is -2.06. The highest BCUT2D eigenvalue weighted by Crippen LogP contribution is 2.24. The van der Waals surface area contributed by atoms with Crippen molar-refractivity contribution in [3.63, 3.8) is 0 Å². The Kier molecular flexibility index (Phi) is 3.66. The summed E-state index contributed by atoms with van der Waals surface area (Å²) in [6, 6.07) is 24.2. The smallest absolute Gasteiger partial charge is 0.149 e. The maximum Gasteiger partial charge on any atom is 0.149 e. The van der Waals surface area contributed by atoms with Crippen molar-refractivity contribution in [3.8, 4) is 17.6 Å². The summed E-state index contributed by atoms with van der Waals surface area (Å²) < 4.78 is 5.77. The highest BCUT2D eigenvalue weighted by molar-refractivity contribution is 5.88. The molecule has 20 heavy (non-hydrogen) atoms. The van der Waals surface area contributed by atoms with Crippen LogP contribution in [0.2, 0.25) is 0 Å². The Hall–Kier alpha value is -2.72. The van der Waals surface area contributed by atoms with E-state index in [1.165, 1.54) is 5.39 Å². The van der Waals surface area contributed by atoms with Crippen LogP contribution in [0.1, 0.15) is 5.56 Å². The molecule has 1 nitrogen and oxygen atoms in total. The van der Waals surface area contributed by atoms with Gasteiger partial charge >= 0.3 is 0 Å². The van der Waals surface area contributed by atoms with Crippen LogP contribution >= 0.6 is 0 Å². The molecule has 0 atom stereocenters. The zero-order valence-electron chi connectivity index (χ0n) is 11.0. The molecule has 3 aromatic carbocycles. The van der Waals surface area contributed by atoms with Crippen LogP contribution in [-0.4, -0.2) is 6.61 Å². The number of hydrogen-bond acceptors (Lipinski definition) is 1. The Morgan fingerprint density at radius 1 is 0.750 bits per heavy atom. The zero-order valence-corrected chi connectivity index (χ0v) is 11.0. The molecule has 0 unspecified atom stereocenters. The first kappa shape index (κ1) is 12.3. The molecule has 0 aliphatic carbocycles. The zero-order chi connectivity index (χ0) is 13.6. The van der Waals surface area contributed by atoms with Crippen molar-refractivity contribution in [1.82, 2.24) is 0 Å². The average Bonchev–Trinajstić information content (AvgIpc) is 2.53. The van der Waals surface area contributed by atoms with Crippen molar-refractivity contribution in [2.24, 2.45) is 0 Å². The predicted octanol–water partition coefficient (Wildman–Crippen LogP) is 4.27. The van der Waals surface area contributed by atoms with Crippen molar-refractivity contribution in [2.45, 2.75) is 0 Å². The van der Waals surface area contributed by atoms with Gasteiger partial charge in [0, 0.05) is 10.9 Å². The summed E-state index contributed by atoms with van der Waals surface area (Å²) in [4.78, 5) is 0. The van der Waals surface area contributed by atoms with Crippen LogP contribution in [0.3, 0.4) is 0 Å². The third kappa shape index (κ3) is 2.81. The third-order valence-electron chi connectivity index (χ3n) is 3.06. The molecule has 0 saturated heterocycles. The van der Waals surface area contributed by atoms with Crippen LogP contribution in [0.25, 0.3) is 10.8 Å². The molecule has 3 rings (SSSR count). The van der Waals surface area contributed by atoms with Gasteiger partial charge in [-0.3, -0.25) is 0 Å². The molecule has 1 heteroatoms. The molecule has 0 N–H and O–H groups in total. The lowest BCUT2D eigenvalue weighted by Crippen LogP contribution is -1.94. The fourth-order valence-electron chi connectivity index (χ4n) is 2.10. The summed E-state index contributed by atoms with van der Waals surface area (Å²) in [7, 11) is 0. The number of ether oxygens (including phenoxy) is 1. The summed E-state index contributed by atoms with van der Waals surface area (Å²) >= 11 is 0. The van der Waals surface area contributed by atoms with Gasteiger partial charge in [0.1, 0.15) is 12.4 Å². The molecule has 0 bridgehead atoms. The molecule has 0 aromatic heterocycles. The fourth-order valence-corrected chi connectivity index (χ4v) is 2.10. The van der Waals surface area contributed by atoms with Crippen LogP contribution in [0.5, 0.6) is 5.75 Å². The van der Waals surface area contributed by atoms with Gasteiger partial charge in [-0.05, 0) is 23.6 Å². The van der Waals surface area contributed by atoms with Gasteiger partial charge in [0.05, 0.1) is 0 Å². The van der Waals surface area contributed by atoms with Crippen LogP contribution in [0, 0.1) is 11.8 Å². The second-order valence-electron chi connectivity index (χ2n) is 4.43. The van der Waals surface area contributed by atoms with Crippen molar-refractivity contribution >= 4 is 10.8 Å². The number of rotatable bonds is 2. The van der Waals surface area contributed by atoms with Gasteiger partial charge in [0.2, 0.25) is 0 Å². The molecule has 0 fully saturated rings. The van der Waals surface area contributed by atoms with E-state index in [1.54, 1.807) is 0 Å². The van der Waals surface area contributed by atoms with E-state index in [2.05, 4.69) is 30.0 Å². The van der Waals surface area contributed by atoms with E-state index in [-0.39, 0.29) is 0 Å². The van der Waals surface area contributed by atoms with Crippen LogP contribution < -0.4 is 4.74 Å². The standard InChI is InChI=1S/C19H14O/c1-2-8-16(9-3-1)10-7-15-20-19-14-6-12-17-11-4-5-13-18(17)19/h1-6,8-9,11-14H,15H2. The largest absolute Gasteiger partial charge is 0.480 e. The van der Waals surface area contributed by atoms with E-state index in [4.69, 9.17) is 4.74 Å². The van der Waals surface area contributed by atoms with Gasteiger partial charge in [-0.15, -0.1) is 0 Å². The predicted molar refractivity (Wildman–Crippen MR) is 82.8 cm³/mol. The second-order valence-corrected chi connectivity index (χ2v) is 4.43. The highest BCUT2D eigenvalue weighted by Gasteiger charge is 1.99. The summed E-state index contributed by atoms with van der Waals surface area (Å²) in [6.45, 7) is 0.392. The quantitative estimate of drug-likeness (QED) is 0.624. The van der Waals surface area contributed by atoms with E-state index in [1.807, 2.05) is 54.6 Å². The van der Waals surface area contributed by atoms with E-state index >= 15 is 0 Å². The third-order valence-corrected chi connectivity index (χ3v) is 3.06. The first-order chi connectivity index (χ1) is 9.93. The molecular formula is C19H14O. The van der Waals surface area contributed by atoms with Crippen LogP contribution in [0.15, 0.2) is 72.8 Å². The van der Waals surface area contributed by atoms with Gasteiger partial charge in [0.25, 0.3) is 0 Å². The molecule has 0 radical (unpaired) electrons. The first-order valence-electron chi connectivity index (χ1n) is 6.58. The van der Waals surface area contributed by atoms with Crippen molar-refractivity contribution < 1.29 is 4.74 Å². The number of hydrogen-bond donors (Lipinski definition) is 0. The highest BCUT2D eigenvalue weighted by atomic mass is 16.5. The minimum absolute atomic E-state index is 0.392. The monoisotopic (exact) mass is 258 g/mol. The average molecular weight is 258 g/mol. The molecule has 3 aromatic rings. The fraction of sp³-hybridized carbons (Fsp3) is 0.0526. The Morgan fingerprint density at radius 3 is 2.40 bits per heavy atom. The van der Waals surface area contributed by atoms with Crippen molar-refractivity contribution in [3.05, 3.63) is 78.4 Å². The summed E-state index contributed by atoms with van der Waals surface area (Å²) in [5, 5.41) is 2.30. The second kappa shape index (κ2) is 5.95. The summed E-state index contributed by atoms with van der Waals surface area (Å²) in [6.07, 6.45) is 0. The van der Waals surface area contributed by atoms with Crippen molar-refractivity contribution in [1.29, 1.82) is 0 Å². The lowest BCUT2D eigenvalue weighted by molar-refractivity contribution is 0.375. The van der Waals surface area contributed by atoms with Crippen LogP contribution in [0.4, 0.5) is 0 Å². The minimum Gasteiger partial charge on any atom is -0.480 e. The molecule has 0 heterocycles. The molecule has 0 aliphatic heterocycles. The topological polar surface area (TPSA) is 9.23 Å². The molecule has 0 spiro atoms. The lowest BCUT2D eigenvalue weighted by atomic mass is 10.1. The minimum atomic E-state index is 0.392. The van der Waals surface area contributed by atoms with E-state index in [0.29, 0.717) is 6.61 Å². The summed E-state index contributed by atoms with van der Waals surface area (Å²) in [5.74, 6) is 7.01. The van der Waals surface area contributed by atoms with Gasteiger partial charge in [-0.2, -0.15) is 0 Å². The Morgan fingerprint density at radius 2 is 1.50 bits per heavy atom. The Labute approximate surface area is 118 Å².